The summed E-state index contributed by atoms with van der Waals surface area (Å²) < 4.78 is 16.6. The Hall–Kier alpha value is -2.48. The number of carbonyl (C=O) groups excluding carboxylic acids is 2. The van der Waals surface area contributed by atoms with Gasteiger partial charge >= 0.3 is 11.9 Å². The molecule has 1 aliphatic heterocycles. The van der Waals surface area contributed by atoms with Crippen LogP contribution in [0.5, 0.6) is 11.5 Å². The number of phenols is 1. The van der Waals surface area contributed by atoms with Crippen LogP contribution in [0.15, 0.2) is 39.1 Å². The number of allylic oxidation sites excluding steroid dienone is 2. The van der Waals surface area contributed by atoms with E-state index in [0.717, 1.165) is 0 Å². The molecule has 0 amide bonds. The molecule has 0 aromatic heterocycles. The molecular formula is C21H26BrNO6. The Labute approximate surface area is 178 Å². The molecule has 2 rings (SSSR count). The minimum atomic E-state index is -0.761. The minimum absolute atomic E-state index is 0.0480. The second kappa shape index (κ2) is 9.82. The number of phenolic OH excluding ortho intramolecular Hbond substituents is 1. The van der Waals surface area contributed by atoms with Crippen LogP contribution in [0.3, 0.4) is 0 Å². The van der Waals surface area contributed by atoms with E-state index in [1.54, 1.807) is 40.7 Å². The third-order valence-corrected chi connectivity index (χ3v) is 5.13. The Kier molecular flexibility index (Phi) is 7.73. The number of rotatable bonds is 7. The molecule has 1 aromatic rings. The zero-order valence-electron chi connectivity index (χ0n) is 17.2. The highest BCUT2D eigenvalue weighted by atomic mass is 79.9. The van der Waals surface area contributed by atoms with E-state index in [4.69, 9.17) is 14.2 Å². The van der Waals surface area contributed by atoms with Crippen LogP contribution >= 0.6 is 15.9 Å². The van der Waals surface area contributed by atoms with Crippen LogP contribution < -0.4 is 10.1 Å². The quantitative estimate of drug-likeness (QED) is 0.586. The number of ether oxygens (including phenoxy) is 3. The molecule has 1 aliphatic rings. The van der Waals surface area contributed by atoms with Gasteiger partial charge in [-0.3, -0.25) is 0 Å². The Morgan fingerprint density at radius 1 is 1.00 bits per heavy atom. The molecule has 8 heteroatoms. The van der Waals surface area contributed by atoms with Crippen molar-refractivity contribution in [1.29, 1.82) is 0 Å². The van der Waals surface area contributed by atoms with Crippen molar-refractivity contribution in [3.05, 3.63) is 44.7 Å². The Morgan fingerprint density at radius 2 is 1.52 bits per heavy atom. The first-order chi connectivity index (χ1) is 13.8. The summed E-state index contributed by atoms with van der Waals surface area (Å²) in [7, 11) is 0. The van der Waals surface area contributed by atoms with Crippen molar-refractivity contribution in [3.63, 3.8) is 0 Å². The van der Waals surface area contributed by atoms with Gasteiger partial charge in [0.25, 0.3) is 0 Å². The van der Waals surface area contributed by atoms with E-state index in [0.29, 0.717) is 39.2 Å². The van der Waals surface area contributed by atoms with Gasteiger partial charge in [-0.25, -0.2) is 9.59 Å². The predicted octanol–water partition coefficient (Wildman–Crippen LogP) is 3.91. The van der Waals surface area contributed by atoms with Crippen molar-refractivity contribution in [2.45, 2.75) is 40.5 Å². The SMILES string of the molecule is CCOC(=O)C1=C(C)NC(C)=C(C(=O)OCC)C1c1cc(OCC)c(O)cc1Br. The third-order valence-electron chi connectivity index (χ3n) is 4.44. The number of aromatic hydroxyl groups is 1. The summed E-state index contributed by atoms with van der Waals surface area (Å²) >= 11 is 3.45. The van der Waals surface area contributed by atoms with Gasteiger partial charge in [-0.15, -0.1) is 0 Å². The molecular weight excluding hydrogens is 442 g/mol. The molecule has 0 atom stereocenters. The first kappa shape index (κ1) is 22.8. The standard InChI is InChI=1S/C21H26BrNO6/c1-6-27-16-9-13(14(22)10-15(16)24)19-17(20(25)28-7-2)11(4)23-12(5)18(19)21(26)29-8-3/h9-10,19,23-24H,6-8H2,1-5H3. The molecule has 2 N–H and O–H groups in total. The van der Waals surface area contributed by atoms with E-state index in [2.05, 4.69) is 21.2 Å². The highest BCUT2D eigenvalue weighted by Gasteiger charge is 2.39. The van der Waals surface area contributed by atoms with Crippen LogP contribution in [0.2, 0.25) is 0 Å². The molecule has 158 valence electrons. The van der Waals surface area contributed by atoms with E-state index in [1.807, 2.05) is 0 Å². The smallest absolute Gasteiger partial charge is 0.336 e. The third kappa shape index (κ3) is 4.75. The fourth-order valence-corrected chi connectivity index (χ4v) is 3.88. The number of benzene rings is 1. The zero-order valence-corrected chi connectivity index (χ0v) is 18.8. The predicted molar refractivity (Wildman–Crippen MR) is 112 cm³/mol. The lowest BCUT2D eigenvalue weighted by molar-refractivity contribution is -0.139. The molecule has 0 unspecified atom stereocenters. The maximum Gasteiger partial charge on any atom is 0.336 e. The molecule has 7 nitrogen and oxygen atoms in total. The van der Waals surface area contributed by atoms with Crippen molar-refractivity contribution >= 4 is 27.9 Å². The second-order valence-corrected chi connectivity index (χ2v) is 7.21. The highest BCUT2D eigenvalue weighted by molar-refractivity contribution is 9.10. The molecule has 0 saturated carbocycles. The lowest BCUT2D eigenvalue weighted by atomic mass is 9.80. The van der Waals surface area contributed by atoms with Gasteiger partial charge in [0.1, 0.15) is 0 Å². The second-order valence-electron chi connectivity index (χ2n) is 6.35. The van der Waals surface area contributed by atoms with E-state index < -0.39 is 17.9 Å². The Bertz CT molecular complexity index is 834. The molecule has 0 spiro atoms. The fourth-order valence-electron chi connectivity index (χ4n) is 3.31. The van der Waals surface area contributed by atoms with Crippen LogP contribution in [0.4, 0.5) is 0 Å². The highest BCUT2D eigenvalue weighted by Crippen LogP contribution is 2.45. The maximum atomic E-state index is 12.8. The van der Waals surface area contributed by atoms with Gasteiger partial charge in [0.15, 0.2) is 11.5 Å². The molecule has 0 bridgehead atoms. The van der Waals surface area contributed by atoms with E-state index in [-0.39, 0.29) is 24.7 Å². The first-order valence-electron chi connectivity index (χ1n) is 9.44. The van der Waals surface area contributed by atoms with Crippen molar-refractivity contribution in [2.24, 2.45) is 0 Å². The van der Waals surface area contributed by atoms with Gasteiger partial charge in [0.05, 0.1) is 36.9 Å². The van der Waals surface area contributed by atoms with Crippen LogP contribution in [-0.2, 0) is 19.1 Å². The largest absolute Gasteiger partial charge is 0.504 e. The average Bonchev–Trinajstić information content (AvgIpc) is 2.63. The van der Waals surface area contributed by atoms with Gasteiger partial charge in [-0.05, 0) is 52.3 Å². The number of hydrogen-bond donors (Lipinski definition) is 2. The van der Waals surface area contributed by atoms with Crippen molar-refractivity contribution in [2.75, 3.05) is 19.8 Å². The molecule has 29 heavy (non-hydrogen) atoms. The summed E-state index contributed by atoms with van der Waals surface area (Å²) in [5, 5.41) is 13.3. The van der Waals surface area contributed by atoms with E-state index in [9.17, 15) is 14.7 Å². The average molecular weight is 468 g/mol. The normalized spacial score (nSPS) is 14.6. The van der Waals surface area contributed by atoms with Crippen molar-refractivity contribution < 1.29 is 28.9 Å². The summed E-state index contributed by atoms with van der Waals surface area (Å²) in [4.78, 5) is 25.6. The van der Waals surface area contributed by atoms with Crippen molar-refractivity contribution in [3.8, 4) is 11.5 Å². The fraction of sp³-hybridized carbons (Fsp3) is 0.429. The number of halogens is 1. The number of esters is 2. The molecule has 0 radical (unpaired) electrons. The number of nitrogens with one attached hydrogen (secondary N) is 1. The van der Waals surface area contributed by atoms with Gasteiger partial charge in [0.2, 0.25) is 0 Å². The lowest BCUT2D eigenvalue weighted by Crippen LogP contribution is -2.32. The van der Waals surface area contributed by atoms with E-state index >= 15 is 0 Å². The molecule has 0 saturated heterocycles. The lowest BCUT2D eigenvalue weighted by Gasteiger charge is -2.31. The van der Waals surface area contributed by atoms with Crippen molar-refractivity contribution in [1.82, 2.24) is 5.32 Å². The molecule has 1 heterocycles. The molecule has 1 aromatic carbocycles. The minimum Gasteiger partial charge on any atom is -0.504 e. The number of hydrogen-bond acceptors (Lipinski definition) is 7. The molecule has 0 fully saturated rings. The Morgan fingerprint density at radius 3 is 1.97 bits per heavy atom. The summed E-state index contributed by atoms with van der Waals surface area (Å²) in [5.74, 6) is -1.62. The van der Waals surface area contributed by atoms with E-state index in [1.165, 1.54) is 6.07 Å². The summed E-state index contributed by atoms with van der Waals surface area (Å²) in [6.45, 7) is 9.48. The molecule has 0 aliphatic carbocycles. The number of carbonyl (C=O) groups is 2. The first-order valence-corrected chi connectivity index (χ1v) is 10.2. The van der Waals surface area contributed by atoms with Crippen LogP contribution in [0, 0.1) is 0 Å². The summed E-state index contributed by atoms with van der Waals surface area (Å²) in [6, 6.07) is 3.11. The Balaban J connectivity index is 2.76. The van der Waals surface area contributed by atoms with Gasteiger partial charge in [-0.1, -0.05) is 15.9 Å². The monoisotopic (exact) mass is 467 g/mol. The maximum absolute atomic E-state index is 12.8. The van der Waals surface area contributed by atoms with Gasteiger partial charge < -0.3 is 24.6 Å². The van der Waals surface area contributed by atoms with Crippen LogP contribution in [0.1, 0.15) is 46.1 Å². The van der Waals surface area contributed by atoms with Gasteiger partial charge in [0, 0.05) is 15.9 Å². The topological polar surface area (TPSA) is 94.1 Å². The summed E-state index contributed by atoms with van der Waals surface area (Å²) in [5.41, 5.74) is 2.34. The van der Waals surface area contributed by atoms with Gasteiger partial charge in [-0.2, -0.15) is 0 Å². The number of dihydropyridines is 1. The van der Waals surface area contributed by atoms with Crippen LogP contribution in [-0.4, -0.2) is 36.9 Å². The summed E-state index contributed by atoms with van der Waals surface area (Å²) in [6.07, 6.45) is 0. The zero-order chi connectivity index (χ0) is 21.7. The van der Waals surface area contributed by atoms with Crippen LogP contribution in [0.25, 0.3) is 0 Å².